The molecule has 3 nitrogen and oxygen atoms in total. The van der Waals surface area contributed by atoms with Crippen LogP contribution in [0.15, 0.2) is 40.9 Å². The molecule has 0 aliphatic rings. The van der Waals surface area contributed by atoms with Crippen LogP contribution < -0.4 is 4.74 Å². The summed E-state index contributed by atoms with van der Waals surface area (Å²) >= 11 is 3.53. The fourth-order valence-corrected chi connectivity index (χ4v) is 2.58. The van der Waals surface area contributed by atoms with Crippen LogP contribution in [0.4, 0.5) is 0 Å². The Hall–Kier alpha value is -1.81. The number of rotatable bonds is 4. The van der Waals surface area contributed by atoms with Crippen molar-refractivity contribution in [2.24, 2.45) is 0 Å². The standard InChI is InChI=1S/C16H15BrO3/c1-3-20-15-7-5-11-9-12(14(19)8-10(2)18)4-6-13(11)16(15)17/h4-9,19H,3H2,1-2H3. The fourth-order valence-electron chi connectivity index (χ4n) is 1.97. The van der Waals surface area contributed by atoms with E-state index in [1.807, 2.05) is 31.2 Å². The molecule has 0 unspecified atom stereocenters. The minimum Gasteiger partial charge on any atom is -0.507 e. The maximum absolute atomic E-state index is 11.0. The number of hydrogen-bond acceptors (Lipinski definition) is 3. The molecule has 4 heteroatoms. The van der Waals surface area contributed by atoms with Crippen molar-refractivity contribution in [3.8, 4) is 5.75 Å². The fraction of sp³-hybridized carbons (Fsp3) is 0.188. The predicted octanol–water partition coefficient (Wildman–Crippen LogP) is 4.49. The molecule has 0 amide bonds. The molecule has 0 spiro atoms. The smallest absolute Gasteiger partial charge is 0.156 e. The molecule has 20 heavy (non-hydrogen) atoms. The van der Waals surface area contributed by atoms with E-state index < -0.39 is 0 Å². The summed E-state index contributed by atoms with van der Waals surface area (Å²) < 4.78 is 6.41. The molecule has 0 aliphatic carbocycles. The second-order valence-electron chi connectivity index (χ2n) is 4.39. The normalized spacial score (nSPS) is 11.7. The maximum Gasteiger partial charge on any atom is 0.156 e. The second kappa shape index (κ2) is 6.09. The van der Waals surface area contributed by atoms with Gasteiger partial charge in [-0.15, -0.1) is 0 Å². The third-order valence-corrected chi connectivity index (χ3v) is 3.67. The first kappa shape index (κ1) is 14.6. The molecule has 0 aliphatic heterocycles. The van der Waals surface area contributed by atoms with E-state index in [-0.39, 0.29) is 11.5 Å². The summed E-state index contributed by atoms with van der Waals surface area (Å²) in [5.74, 6) is 0.580. The van der Waals surface area contributed by atoms with Gasteiger partial charge in [-0.2, -0.15) is 0 Å². The highest BCUT2D eigenvalue weighted by Gasteiger charge is 2.08. The molecule has 0 saturated heterocycles. The van der Waals surface area contributed by atoms with Gasteiger partial charge in [0.25, 0.3) is 0 Å². The summed E-state index contributed by atoms with van der Waals surface area (Å²) in [7, 11) is 0. The zero-order valence-corrected chi connectivity index (χ0v) is 12.9. The molecule has 2 aromatic carbocycles. The molecule has 0 bridgehead atoms. The van der Waals surface area contributed by atoms with E-state index in [0.717, 1.165) is 21.0 Å². The van der Waals surface area contributed by atoms with Crippen molar-refractivity contribution in [1.29, 1.82) is 0 Å². The van der Waals surface area contributed by atoms with Gasteiger partial charge in [0.1, 0.15) is 11.5 Å². The Balaban J connectivity index is 2.51. The van der Waals surface area contributed by atoms with Crippen molar-refractivity contribution in [3.63, 3.8) is 0 Å². The van der Waals surface area contributed by atoms with Gasteiger partial charge in [-0.1, -0.05) is 18.2 Å². The first-order valence-electron chi connectivity index (χ1n) is 6.29. The van der Waals surface area contributed by atoms with Gasteiger partial charge in [0.2, 0.25) is 0 Å². The first-order valence-corrected chi connectivity index (χ1v) is 7.09. The Morgan fingerprint density at radius 1 is 1.35 bits per heavy atom. The van der Waals surface area contributed by atoms with E-state index in [0.29, 0.717) is 12.2 Å². The second-order valence-corrected chi connectivity index (χ2v) is 5.18. The van der Waals surface area contributed by atoms with Gasteiger partial charge < -0.3 is 9.84 Å². The summed E-state index contributed by atoms with van der Waals surface area (Å²) in [5, 5.41) is 11.8. The van der Waals surface area contributed by atoms with Gasteiger partial charge in [-0.3, -0.25) is 4.79 Å². The number of halogens is 1. The topological polar surface area (TPSA) is 46.5 Å². The van der Waals surface area contributed by atoms with E-state index >= 15 is 0 Å². The van der Waals surface area contributed by atoms with Gasteiger partial charge in [-0.25, -0.2) is 0 Å². The van der Waals surface area contributed by atoms with Crippen LogP contribution in [0.1, 0.15) is 19.4 Å². The number of ether oxygens (including phenoxy) is 1. The molecule has 104 valence electrons. The Kier molecular flexibility index (Phi) is 4.45. The van der Waals surface area contributed by atoms with E-state index in [2.05, 4.69) is 15.9 Å². The van der Waals surface area contributed by atoms with Crippen molar-refractivity contribution < 1.29 is 14.6 Å². The van der Waals surface area contributed by atoms with Crippen LogP contribution in [0.25, 0.3) is 16.5 Å². The molecular formula is C16H15BrO3. The summed E-state index contributed by atoms with van der Waals surface area (Å²) in [6, 6.07) is 9.31. The third kappa shape index (κ3) is 3.02. The molecule has 0 heterocycles. The van der Waals surface area contributed by atoms with Gasteiger partial charge in [0.15, 0.2) is 5.78 Å². The van der Waals surface area contributed by atoms with Crippen LogP contribution in [0.3, 0.4) is 0 Å². The third-order valence-electron chi connectivity index (χ3n) is 2.85. The summed E-state index contributed by atoms with van der Waals surface area (Å²) in [6.07, 6.45) is 1.21. The number of aliphatic hydroxyl groups excluding tert-OH is 1. The number of carbonyl (C=O) groups is 1. The Labute approximate surface area is 126 Å². The van der Waals surface area contributed by atoms with Crippen molar-refractivity contribution in [1.82, 2.24) is 0 Å². The van der Waals surface area contributed by atoms with E-state index in [1.165, 1.54) is 13.0 Å². The molecule has 2 aromatic rings. The maximum atomic E-state index is 11.0. The minimum atomic E-state index is -0.185. The molecule has 0 radical (unpaired) electrons. The average molecular weight is 335 g/mol. The van der Waals surface area contributed by atoms with Crippen LogP contribution in [0.5, 0.6) is 5.75 Å². The summed E-state index contributed by atoms with van der Waals surface area (Å²) in [4.78, 5) is 11.0. The van der Waals surface area contributed by atoms with Crippen molar-refractivity contribution >= 4 is 38.2 Å². The van der Waals surface area contributed by atoms with Crippen molar-refractivity contribution in [2.75, 3.05) is 6.61 Å². The monoisotopic (exact) mass is 334 g/mol. The number of fused-ring (bicyclic) bond motifs is 1. The van der Waals surface area contributed by atoms with Gasteiger partial charge >= 0.3 is 0 Å². The average Bonchev–Trinajstić information content (AvgIpc) is 2.41. The quantitative estimate of drug-likeness (QED) is 0.661. The van der Waals surface area contributed by atoms with Gasteiger partial charge in [0.05, 0.1) is 11.1 Å². The number of hydrogen-bond donors (Lipinski definition) is 1. The van der Waals surface area contributed by atoms with Crippen LogP contribution in [0, 0.1) is 0 Å². The highest BCUT2D eigenvalue weighted by Crippen LogP contribution is 2.34. The Morgan fingerprint density at radius 2 is 2.10 bits per heavy atom. The van der Waals surface area contributed by atoms with Crippen LogP contribution >= 0.6 is 15.9 Å². The van der Waals surface area contributed by atoms with Crippen LogP contribution in [-0.4, -0.2) is 17.5 Å². The summed E-state index contributed by atoms with van der Waals surface area (Å²) in [6.45, 7) is 3.94. The number of carbonyl (C=O) groups excluding carboxylic acids is 1. The Bertz CT molecular complexity index is 689. The van der Waals surface area contributed by atoms with Crippen LogP contribution in [-0.2, 0) is 4.79 Å². The SMILES string of the molecule is CCOc1ccc2cc(C(O)=CC(C)=O)ccc2c1Br. The molecule has 0 fully saturated rings. The number of allylic oxidation sites excluding steroid dienone is 1. The molecule has 0 saturated carbocycles. The molecular weight excluding hydrogens is 320 g/mol. The zero-order chi connectivity index (χ0) is 14.7. The van der Waals surface area contributed by atoms with Crippen molar-refractivity contribution in [3.05, 3.63) is 46.4 Å². The van der Waals surface area contributed by atoms with Crippen molar-refractivity contribution in [2.45, 2.75) is 13.8 Å². The van der Waals surface area contributed by atoms with E-state index in [1.54, 1.807) is 6.07 Å². The molecule has 1 N–H and O–H groups in total. The first-order chi connectivity index (χ1) is 9.52. The lowest BCUT2D eigenvalue weighted by atomic mass is 10.0. The number of ketones is 1. The number of aliphatic hydroxyl groups is 1. The van der Waals surface area contributed by atoms with Gasteiger partial charge in [-0.05, 0) is 52.7 Å². The molecule has 0 aromatic heterocycles. The highest BCUT2D eigenvalue weighted by atomic mass is 79.9. The van der Waals surface area contributed by atoms with Crippen LogP contribution in [0.2, 0.25) is 0 Å². The predicted molar refractivity (Wildman–Crippen MR) is 84.1 cm³/mol. The number of benzene rings is 2. The minimum absolute atomic E-state index is 0.0237. The molecule has 2 rings (SSSR count). The Morgan fingerprint density at radius 3 is 2.75 bits per heavy atom. The summed E-state index contributed by atoms with van der Waals surface area (Å²) in [5.41, 5.74) is 0.615. The highest BCUT2D eigenvalue weighted by molar-refractivity contribution is 9.10. The van der Waals surface area contributed by atoms with Gasteiger partial charge in [0, 0.05) is 11.6 Å². The largest absolute Gasteiger partial charge is 0.507 e. The zero-order valence-electron chi connectivity index (χ0n) is 11.3. The lowest BCUT2D eigenvalue weighted by Gasteiger charge is -2.09. The van der Waals surface area contributed by atoms with E-state index in [4.69, 9.17) is 4.74 Å². The molecule has 0 atom stereocenters. The van der Waals surface area contributed by atoms with E-state index in [9.17, 15) is 9.90 Å². The lowest BCUT2D eigenvalue weighted by Crippen LogP contribution is -1.93. The lowest BCUT2D eigenvalue weighted by molar-refractivity contribution is -0.112.